The van der Waals surface area contributed by atoms with Gasteiger partial charge in [0.1, 0.15) is 0 Å². The Morgan fingerprint density at radius 1 is 1.22 bits per heavy atom. The molecule has 0 amide bonds. The van der Waals surface area contributed by atoms with E-state index >= 15 is 0 Å². The minimum absolute atomic E-state index is 0.218. The second kappa shape index (κ2) is 7.19. The van der Waals surface area contributed by atoms with Crippen LogP contribution in [0.1, 0.15) is 22.4 Å². The minimum atomic E-state index is -0.285. The third kappa shape index (κ3) is 3.59. The quantitative estimate of drug-likeness (QED) is 0.866. The number of aromatic nitrogens is 2. The fourth-order valence-electron chi connectivity index (χ4n) is 2.94. The number of nitrogens with one attached hydrogen (secondary N) is 2. The van der Waals surface area contributed by atoms with Gasteiger partial charge < -0.3 is 5.32 Å². The summed E-state index contributed by atoms with van der Waals surface area (Å²) in [6.45, 7) is 1.46. The van der Waals surface area contributed by atoms with Gasteiger partial charge in [0.25, 0.3) is 5.56 Å². The number of nitrogens with zero attached hydrogens (tertiary/aromatic N) is 1. The van der Waals surface area contributed by atoms with Crippen molar-refractivity contribution in [3.05, 3.63) is 67.5 Å². The predicted molar refractivity (Wildman–Crippen MR) is 94.1 cm³/mol. The molecule has 2 heterocycles. The van der Waals surface area contributed by atoms with Crippen LogP contribution in [0.3, 0.4) is 0 Å². The van der Waals surface area contributed by atoms with Crippen LogP contribution in [0.15, 0.2) is 33.9 Å². The zero-order valence-electron chi connectivity index (χ0n) is 13.2. The maximum Gasteiger partial charge on any atom is 0.328 e. The van der Waals surface area contributed by atoms with Gasteiger partial charge in [0, 0.05) is 30.1 Å². The van der Waals surface area contributed by atoms with Gasteiger partial charge in [-0.1, -0.05) is 24.3 Å². The highest BCUT2D eigenvalue weighted by atomic mass is 32.2. The van der Waals surface area contributed by atoms with Crippen LogP contribution in [-0.4, -0.2) is 22.4 Å². The van der Waals surface area contributed by atoms with Crippen molar-refractivity contribution in [1.29, 1.82) is 0 Å². The molecule has 1 aromatic heterocycles. The molecule has 1 aromatic carbocycles. The highest BCUT2D eigenvalue weighted by Gasteiger charge is 2.18. The fraction of sp³-hybridized carbons (Fsp3) is 0.412. The molecule has 1 aliphatic heterocycles. The molecule has 0 unspecified atom stereocenters. The normalized spacial score (nSPS) is 13.8. The zero-order chi connectivity index (χ0) is 16.2. The molecule has 0 atom stereocenters. The lowest BCUT2D eigenvalue weighted by atomic mass is 10.1. The van der Waals surface area contributed by atoms with Crippen LogP contribution in [0.4, 0.5) is 0 Å². The van der Waals surface area contributed by atoms with Gasteiger partial charge in [-0.3, -0.25) is 14.3 Å². The number of rotatable bonds is 5. The Balaban J connectivity index is 1.80. The third-order valence-electron chi connectivity index (χ3n) is 4.17. The van der Waals surface area contributed by atoms with Crippen molar-refractivity contribution in [3.8, 4) is 0 Å². The summed E-state index contributed by atoms with van der Waals surface area (Å²) in [4.78, 5) is 26.5. The van der Waals surface area contributed by atoms with E-state index in [9.17, 15) is 9.59 Å². The Morgan fingerprint density at radius 2 is 1.96 bits per heavy atom. The number of thioether (sulfide) groups is 1. The molecule has 1 aliphatic rings. The van der Waals surface area contributed by atoms with Gasteiger partial charge in [-0.05, 0) is 36.8 Å². The van der Waals surface area contributed by atoms with Crippen LogP contribution in [0, 0.1) is 0 Å². The molecule has 0 saturated heterocycles. The van der Waals surface area contributed by atoms with Crippen molar-refractivity contribution in [2.75, 3.05) is 12.8 Å². The average Bonchev–Trinajstić information content (AvgIpc) is 2.56. The Bertz CT molecular complexity index is 793. The molecule has 5 nitrogen and oxygen atoms in total. The van der Waals surface area contributed by atoms with Gasteiger partial charge in [0.05, 0.1) is 0 Å². The lowest BCUT2D eigenvalue weighted by Crippen LogP contribution is -2.37. The van der Waals surface area contributed by atoms with Crippen LogP contribution in [0.5, 0.6) is 0 Å². The average molecular weight is 331 g/mol. The van der Waals surface area contributed by atoms with Crippen LogP contribution in [0.2, 0.25) is 0 Å². The molecule has 2 aromatic rings. The number of aromatic amines is 1. The number of hydrogen-bond donors (Lipinski definition) is 2. The van der Waals surface area contributed by atoms with E-state index in [1.54, 1.807) is 16.3 Å². The smallest absolute Gasteiger partial charge is 0.316 e. The molecule has 0 saturated carbocycles. The summed E-state index contributed by atoms with van der Waals surface area (Å²) in [5.41, 5.74) is 3.63. The van der Waals surface area contributed by atoms with Gasteiger partial charge in [-0.15, -0.1) is 0 Å². The van der Waals surface area contributed by atoms with E-state index in [0.717, 1.165) is 36.4 Å². The van der Waals surface area contributed by atoms with E-state index in [0.29, 0.717) is 12.3 Å². The molecule has 122 valence electrons. The monoisotopic (exact) mass is 331 g/mol. The molecule has 2 N–H and O–H groups in total. The Hall–Kier alpha value is -1.79. The fourth-order valence-corrected chi connectivity index (χ4v) is 3.92. The minimum Gasteiger partial charge on any atom is -0.316 e. The van der Waals surface area contributed by atoms with Crippen molar-refractivity contribution in [1.82, 2.24) is 14.9 Å². The van der Waals surface area contributed by atoms with E-state index in [-0.39, 0.29) is 11.2 Å². The number of benzene rings is 1. The van der Waals surface area contributed by atoms with E-state index in [4.69, 9.17) is 0 Å². The van der Waals surface area contributed by atoms with Gasteiger partial charge in [0.2, 0.25) is 0 Å². The molecule has 0 aliphatic carbocycles. The van der Waals surface area contributed by atoms with Gasteiger partial charge in [-0.2, -0.15) is 11.8 Å². The van der Waals surface area contributed by atoms with E-state index < -0.39 is 0 Å². The number of hydrogen-bond acceptors (Lipinski definition) is 4. The molecule has 6 heteroatoms. The van der Waals surface area contributed by atoms with Crippen LogP contribution >= 0.6 is 11.8 Å². The molecule has 0 radical (unpaired) electrons. The first-order valence-corrected chi connectivity index (χ1v) is 8.99. The van der Waals surface area contributed by atoms with Crippen molar-refractivity contribution in [2.24, 2.45) is 0 Å². The summed E-state index contributed by atoms with van der Waals surface area (Å²) in [5.74, 6) is 1.66. The van der Waals surface area contributed by atoms with Gasteiger partial charge in [0.15, 0.2) is 0 Å². The Labute approximate surface area is 139 Å². The standard InChI is InChI=1S/C17H21N3O2S/c1-18-10-13-4-2-12(3-5-13)6-8-20-15-7-9-23-11-14(15)16(21)19-17(20)22/h2-5,18H,6-11H2,1H3,(H,19,21,22). The summed E-state index contributed by atoms with van der Waals surface area (Å²) < 4.78 is 1.75. The molecular formula is C17H21N3O2S. The van der Waals surface area contributed by atoms with Crippen LogP contribution in [-0.2, 0) is 31.7 Å². The van der Waals surface area contributed by atoms with E-state index in [1.165, 1.54) is 11.1 Å². The maximum atomic E-state index is 12.2. The SMILES string of the molecule is CNCc1ccc(CCn2c3c(c(=O)[nH]c2=O)CSCC3)cc1. The van der Waals surface area contributed by atoms with Gasteiger partial charge >= 0.3 is 5.69 Å². The van der Waals surface area contributed by atoms with Crippen LogP contribution < -0.4 is 16.6 Å². The molecule has 0 spiro atoms. The summed E-state index contributed by atoms with van der Waals surface area (Å²) in [6, 6.07) is 8.42. The van der Waals surface area contributed by atoms with Crippen molar-refractivity contribution >= 4 is 11.8 Å². The summed E-state index contributed by atoms with van der Waals surface area (Å²) in [7, 11) is 1.93. The maximum absolute atomic E-state index is 12.2. The summed E-state index contributed by atoms with van der Waals surface area (Å²) >= 11 is 1.75. The highest BCUT2D eigenvalue weighted by molar-refractivity contribution is 7.98. The largest absolute Gasteiger partial charge is 0.328 e. The molecule has 3 rings (SSSR count). The predicted octanol–water partition coefficient (Wildman–Crippen LogP) is 1.29. The number of H-pyrrole nitrogens is 1. The molecule has 0 bridgehead atoms. The summed E-state index contributed by atoms with van der Waals surface area (Å²) in [5, 5.41) is 3.13. The zero-order valence-corrected chi connectivity index (χ0v) is 14.0. The molecule has 23 heavy (non-hydrogen) atoms. The molecule has 0 fully saturated rings. The first-order chi connectivity index (χ1) is 11.2. The second-order valence-electron chi connectivity index (χ2n) is 5.74. The summed E-state index contributed by atoms with van der Waals surface area (Å²) in [6.07, 6.45) is 1.58. The van der Waals surface area contributed by atoms with Crippen LogP contribution in [0.25, 0.3) is 0 Å². The first kappa shape index (κ1) is 16.1. The van der Waals surface area contributed by atoms with Crippen molar-refractivity contribution < 1.29 is 0 Å². The van der Waals surface area contributed by atoms with Gasteiger partial charge in [-0.25, -0.2) is 4.79 Å². The first-order valence-electron chi connectivity index (χ1n) is 7.84. The van der Waals surface area contributed by atoms with E-state index in [1.807, 2.05) is 7.05 Å². The second-order valence-corrected chi connectivity index (χ2v) is 6.84. The lowest BCUT2D eigenvalue weighted by molar-refractivity contribution is 0.604. The number of fused-ring (bicyclic) bond motifs is 1. The lowest BCUT2D eigenvalue weighted by Gasteiger charge is -2.19. The third-order valence-corrected chi connectivity index (χ3v) is 5.16. The Kier molecular flexibility index (Phi) is 5.03. The molecular weight excluding hydrogens is 310 g/mol. The van der Waals surface area contributed by atoms with E-state index in [2.05, 4.69) is 34.6 Å². The van der Waals surface area contributed by atoms with Crippen molar-refractivity contribution in [2.45, 2.75) is 31.7 Å². The Morgan fingerprint density at radius 3 is 2.70 bits per heavy atom. The van der Waals surface area contributed by atoms with Crippen molar-refractivity contribution in [3.63, 3.8) is 0 Å². The highest BCUT2D eigenvalue weighted by Crippen LogP contribution is 2.20. The topological polar surface area (TPSA) is 66.9 Å². The number of aryl methyl sites for hydroxylation is 1.